The van der Waals surface area contributed by atoms with Crippen LogP contribution in [-0.4, -0.2) is 34.7 Å². The van der Waals surface area contributed by atoms with Crippen LogP contribution in [0, 0.1) is 5.82 Å². The predicted molar refractivity (Wildman–Crippen MR) is 96.8 cm³/mol. The number of nitrogens with zero attached hydrogens (tertiary/aromatic N) is 3. The summed E-state index contributed by atoms with van der Waals surface area (Å²) >= 11 is 0. The highest BCUT2D eigenvalue weighted by Gasteiger charge is 2.12. The molecule has 0 fully saturated rings. The van der Waals surface area contributed by atoms with Crippen molar-refractivity contribution in [3.8, 4) is 5.75 Å². The molecule has 1 N–H and O–H groups in total. The minimum Gasteiger partial charge on any atom is -0.484 e. The smallest absolute Gasteiger partial charge is 0.321 e. The summed E-state index contributed by atoms with van der Waals surface area (Å²) in [6.45, 7) is 0.573. The molecule has 0 unspecified atom stereocenters. The molecule has 3 aromatic rings. The highest BCUT2D eigenvalue weighted by atomic mass is 19.1. The highest BCUT2D eigenvalue weighted by Crippen LogP contribution is 2.11. The van der Waals surface area contributed by atoms with Crippen molar-refractivity contribution in [1.82, 2.24) is 15.0 Å². The number of urea groups is 1. The normalized spacial score (nSPS) is 10.4. The first kappa shape index (κ1) is 18.4. The molecular formula is C19H19FN4O3. The second-order valence-electron chi connectivity index (χ2n) is 5.81. The first-order valence-electron chi connectivity index (χ1n) is 8.37. The molecular weight excluding hydrogens is 351 g/mol. The first-order chi connectivity index (χ1) is 13.1. The predicted octanol–water partition coefficient (Wildman–Crippen LogP) is 3.49. The number of nitrogens with one attached hydrogen (secondary N) is 1. The molecule has 0 radical (unpaired) electrons. The number of aromatic nitrogens is 2. The van der Waals surface area contributed by atoms with Gasteiger partial charge in [-0.05, 0) is 36.4 Å². The van der Waals surface area contributed by atoms with Crippen molar-refractivity contribution in [2.24, 2.45) is 0 Å². The van der Waals surface area contributed by atoms with E-state index in [9.17, 15) is 9.18 Å². The largest absolute Gasteiger partial charge is 0.484 e. The third kappa shape index (κ3) is 5.53. The number of anilines is 1. The number of ether oxygens (including phenoxy) is 1. The number of carbonyl (C=O) groups excluding carboxylic acids is 1. The lowest BCUT2D eigenvalue weighted by Gasteiger charge is -2.17. The number of hydrogen-bond donors (Lipinski definition) is 1. The standard InChI is InChI=1S/C19H19FN4O3/c1-24(19(25)21-15-9-7-14(20)8-10-15)12-11-17-22-18(27-23-17)13-26-16-5-3-2-4-6-16/h2-10H,11-13H2,1H3,(H,21,25). The molecule has 3 rings (SSSR count). The summed E-state index contributed by atoms with van der Waals surface area (Å²) in [5.41, 5.74) is 0.521. The Morgan fingerprint density at radius 3 is 2.67 bits per heavy atom. The van der Waals surface area contributed by atoms with Gasteiger partial charge < -0.3 is 19.5 Å². The zero-order valence-corrected chi connectivity index (χ0v) is 14.8. The van der Waals surface area contributed by atoms with Crippen LogP contribution in [0.3, 0.4) is 0 Å². The van der Waals surface area contributed by atoms with Gasteiger partial charge in [0.15, 0.2) is 12.4 Å². The molecule has 1 aromatic heterocycles. The molecule has 8 heteroatoms. The van der Waals surface area contributed by atoms with E-state index in [1.165, 1.54) is 29.2 Å². The maximum Gasteiger partial charge on any atom is 0.321 e. The lowest BCUT2D eigenvalue weighted by atomic mass is 10.3. The Labute approximate surface area is 155 Å². The fourth-order valence-corrected chi connectivity index (χ4v) is 2.23. The van der Waals surface area contributed by atoms with E-state index in [0.29, 0.717) is 30.4 Å². The zero-order valence-electron chi connectivity index (χ0n) is 14.8. The Balaban J connectivity index is 1.44. The monoisotopic (exact) mass is 370 g/mol. The molecule has 0 spiro atoms. The van der Waals surface area contributed by atoms with Gasteiger partial charge in [0.1, 0.15) is 11.6 Å². The molecule has 0 aliphatic heterocycles. The van der Waals surface area contributed by atoms with Crippen LogP contribution in [0.2, 0.25) is 0 Å². The van der Waals surface area contributed by atoms with Gasteiger partial charge in [0, 0.05) is 25.7 Å². The van der Waals surface area contributed by atoms with Gasteiger partial charge in [-0.1, -0.05) is 23.4 Å². The zero-order chi connectivity index (χ0) is 19.1. The van der Waals surface area contributed by atoms with Crippen molar-refractivity contribution in [3.63, 3.8) is 0 Å². The second kappa shape index (κ2) is 8.79. The van der Waals surface area contributed by atoms with Crippen molar-refractivity contribution < 1.29 is 18.4 Å². The van der Waals surface area contributed by atoms with Crippen LogP contribution in [-0.2, 0) is 13.0 Å². The van der Waals surface area contributed by atoms with Crippen molar-refractivity contribution in [2.75, 3.05) is 18.9 Å². The molecule has 0 aliphatic rings. The number of para-hydroxylation sites is 1. The van der Waals surface area contributed by atoms with Crippen LogP contribution in [0.15, 0.2) is 59.1 Å². The van der Waals surface area contributed by atoms with Gasteiger partial charge in [0.25, 0.3) is 5.89 Å². The van der Waals surface area contributed by atoms with Gasteiger partial charge >= 0.3 is 6.03 Å². The minimum absolute atomic E-state index is 0.178. The number of benzene rings is 2. The van der Waals surface area contributed by atoms with Crippen molar-refractivity contribution in [3.05, 3.63) is 72.1 Å². The molecule has 0 aliphatic carbocycles. The van der Waals surface area contributed by atoms with Crippen LogP contribution in [0.1, 0.15) is 11.7 Å². The Hall–Kier alpha value is -3.42. The van der Waals surface area contributed by atoms with Gasteiger partial charge in [-0.3, -0.25) is 0 Å². The van der Waals surface area contributed by atoms with Crippen LogP contribution in [0.5, 0.6) is 5.75 Å². The van der Waals surface area contributed by atoms with Gasteiger partial charge in [0.05, 0.1) is 0 Å². The molecule has 0 atom stereocenters. The summed E-state index contributed by atoms with van der Waals surface area (Å²) < 4.78 is 23.6. The van der Waals surface area contributed by atoms with Gasteiger partial charge in [-0.25, -0.2) is 9.18 Å². The fourth-order valence-electron chi connectivity index (χ4n) is 2.23. The SMILES string of the molecule is CN(CCc1noc(COc2ccccc2)n1)C(=O)Nc1ccc(F)cc1. The van der Waals surface area contributed by atoms with Crippen molar-refractivity contribution in [1.29, 1.82) is 0 Å². The summed E-state index contributed by atoms with van der Waals surface area (Å²) in [6, 6.07) is 14.6. The van der Waals surface area contributed by atoms with Crippen LogP contribution < -0.4 is 10.1 Å². The Morgan fingerprint density at radius 1 is 1.19 bits per heavy atom. The summed E-state index contributed by atoms with van der Waals surface area (Å²) in [6.07, 6.45) is 0.433. The van der Waals surface area contributed by atoms with Gasteiger partial charge in [-0.15, -0.1) is 0 Å². The number of carbonyl (C=O) groups is 1. The topological polar surface area (TPSA) is 80.5 Å². The molecule has 7 nitrogen and oxygen atoms in total. The number of rotatable bonds is 7. The van der Waals surface area contributed by atoms with E-state index in [4.69, 9.17) is 9.26 Å². The fraction of sp³-hybridized carbons (Fsp3) is 0.211. The Morgan fingerprint density at radius 2 is 1.93 bits per heavy atom. The van der Waals surface area contributed by atoms with Gasteiger partial charge in [-0.2, -0.15) is 4.98 Å². The van der Waals surface area contributed by atoms with E-state index in [1.807, 2.05) is 30.3 Å². The molecule has 2 aromatic carbocycles. The van der Waals surface area contributed by atoms with E-state index in [0.717, 1.165) is 5.75 Å². The van der Waals surface area contributed by atoms with Crippen LogP contribution in [0.4, 0.5) is 14.9 Å². The molecule has 1 heterocycles. The molecule has 0 bridgehead atoms. The van der Waals surface area contributed by atoms with E-state index < -0.39 is 0 Å². The third-order valence-corrected chi connectivity index (χ3v) is 3.73. The quantitative estimate of drug-likeness (QED) is 0.689. The van der Waals surface area contributed by atoms with Gasteiger partial charge in [0.2, 0.25) is 0 Å². The molecule has 2 amide bonds. The number of likely N-dealkylation sites (N-methyl/N-ethyl adjacent to an activating group) is 1. The Kier molecular flexibility index (Phi) is 5.98. The molecule has 0 saturated heterocycles. The lowest BCUT2D eigenvalue weighted by Crippen LogP contribution is -2.33. The third-order valence-electron chi connectivity index (χ3n) is 3.73. The van der Waals surface area contributed by atoms with E-state index in [1.54, 1.807) is 7.05 Å². The minimum atomic E-state index is -0.356. The summed E-state index contributed by atoms with van der Waals surface area (Å²) in [4.78, 5) is 17.9. The molecule has 140 valence electrons. The first-order valence-corrected chi connectivity index (χ1v) is 8.37. The van der Waals surface area contributed by atoms with Crippen molar-refractivity contribution in [2.45, 2.75) is 13.0 Å². The second-order valence-corrected chi connectivity index (χ2v) is 5.81. The Bertz CT molecular complexity index is 868. The summed E-state index contributed by atoms with van der Waals surface area (Å²) in [7, 11) is 1.65. The average Bonchev–Trinajstić information content (AvgIpc) is 3.15. The summed E-state index contributed by atoms with van der Waals surface area (Å²) in [5, 5.41) is 6.57. The van der Waals surface area contributed by atoms with Crippen LogP contribution >= 0.6 is 0 Å². The number of halogens is 1. The van der Waals surface area contributed by atoms with E-state index in [-0.39, 0.29) is 18.5 Å². The average molecular weight is 370 g/mol. The molecule has 0 saturated carbocycles. The number of amides is 2. The van der Waals surface area contributed by atoms with E-state index >= 15 is 0 Å². The maximum absolute atomic E-state index is 12.9. The maximum atomic E-state index is 12.9. The highest BCUT2D eigenvalue weighted by molar-refractivity contribution is 5.89. The van der Waals surface area contributed by atoms with Crippen LogP contribution in [0.25, 0.3) is 0 Å². The lowest BCUT2D eigenvalue weighted by molar-refractivity contribution is 0.222. The van der Waals surface area contributed by atoms with E-state index in [2.05, 4.69) is 15.5 Å². The van der Waals surface area contributed by atoms with Crippen molar-refractivity contribution >= 4 is 11.7 Å². The summed E-state index contributed by atoms with van der Waals surface area (Å²) in [5.74, 6) is 1.22. The molecule has 27 heavy (non-hydrogen) atoms. The number of hydrogen-bond acceptors (Lipinski definition) is 5.